The highest BCUT2D eigenvalue weighted by molar-refractivity contribution is 9.10. The van der Waals surface area contributed by atoms with Gasteiger partial charge in [-0.2, -0.15) is 0 Å². The molecule has 106 valence electrons. The van der Waals surface area contributed by atoms with Crippen molar-refractivity contribution in [2.24, 2.45) is 0 Å². The van der Waals surface area contributed by atoms with Crippen LogP contribution in [0.3, 0.4) is 0 Å². The van der Waals surface area contributed by atoms with Gasteiger partial charge in [0.25, 0.3) is 0 Å². The van der Waals surface area contributed by atoms with E-state index in [2.05, 4.69) is 26.1 Å². The number of para-hydroxylation sites is 1. The smallest absolute Gasteiger partial charge is 0.168 e. The van der Waals surface area contributed by atoms with Crippen molar-refractivity contribution in [3.63, 3.8) is 0 Å². The molecular formula is C15H10BrClFN3. The molecule has 1 heterocycles. The molecule has 0 saturated heterocycles. The van der Waals surface area contributed by atoms with E-state index in [1.165, 1.54) is 6.07 Å². The Morgan fingerprint density at radius 1 is 1.10 bits per heavy atom. The van der Waals surface area contributed by atoms with Gasteiger partial charge in [-0.25, -0.2) is 4.39 Å². The Balaban J connectivity index is 2.20. The van der Waals surface area contributed by atoms with Crippen molar-refractivity contribution < 1.29 is 4.39 Å². The normalized spacial score (nSPS) is 10.8. The van der Waals surface area contributed by atoms with Gasteiger partial charge < -0.3 is 0 Å². The summed E-state index contributed by atoms with van der Waals surface area (Å²) >= 11 is 9.14. The zero-order valence-electron chi connectivity index (χ0n) is 10.8. The lowest BCUT2D eigenvalue weighted by molar-refractivity contribution is 0.621. The maximum Gasteiger partial charge on any atom is 0.168 e. The second kappa shape index (κ2) is 5.95. The van der Waals surface area contributed by atoms with Gasteiger partial charge in [0.05, 0.1) is 10.4 Å². The molecule has 0 bridgehead atoms. The second-order valence-corrected chi connectivity index (χ2v) is 5.49. The first-order valence-corrected chi connectivity index (χ1v) is 7.54. The highest BCUT2D eigenvalue weighted by atomic mass is 79.9. The van der Waals surface area contributed by atoms with Crippen LogP contribution in [-0.4, -0.2) is 14.8 Å². The molecule has 0 atom stereocenters. The van der Waals surface area contributed by atoms with Crippen molar-refractivity contribution in [2.45, 2.75) is 5.88 Å². The predicted molar refractivity (Wildman–Crippen MR) is 84.0 cm³/mol. The SMILES string of the molecule is Fc1ccc(-c2nnc(CCl)n2-c2ccccc2)cc1Br. The van der Waals surface area contributed by atoms with E-state index in [0.29, 0.717) is 16.1 Å². The number of halogens is 3. The first-order valence-electron chi connectivity index (χ1n) is 6.22. The summed E-state index contributed by atoms with van der Waals surface area (Å²) < 4.78 is 15.7. The molecule has 6 heteroatoms. The molecule has 21 heavy (non-hydrogen) atoms. The van der Waals surface area contributed by atoms with Crippen molar-refractivity contribution >= 4 is 27.5 Å². The van der Waals surface area contributed by atoms with Gasteiger partial charge in [-0.05, 0) is 46.3 Å². The largest absolute Gasteiger partial charge is 0.278 e. The summed E-state index contributed by atoms with van der Waals surface area (Å²) in [5.41, 5.74) is 1.67. The van der Waals surface area contributed by atoms with Crippen LogP contribution in [0.4, 0.5) is 4.39 Å². The maximum atomic E-state index is 13.4. The Kier molecular flexibility index (Phi) is 4.03. The van der Waals surface area contributed by atoms with Crippen LogP contribution in [0, 0.1) is 5.82 Å². The zero-order valence-corrected chi connectivity index (χ0v) is 13.1. The Labute approximate surface area is 134 Å². The summed E-state index contributed by atoms with van der Waals surface area (Å²) in [5.74, 6) is 1.18. The van der Waals surface area contributed by atoms with Gasteiger partial charge in [0.1, 0.15) is 5.82 Å². The molecule has 0 radical (unpaired) electrons. The molecule has 0 fully saturated rings. The monoisotopic (exact) mass is 365 g/mol. The van der Waals surface area contributed by atoms with E-state index in [4.69, 9.17) is 11.6 Å². The fourth-order valence-electron chi connectivity index (χ4n) is 2.07. The topological polar surface area (TPSA) is 30.7 Å². The van der Waals surface area contributed by atoms with E-state index in [9.17, 15) is 4.39 Å². The number of benzene rings is 2. The van der Waals surface area contributed by atoms with E-state index >= 15 is 0 Å². The minimum absolute atomic E-state index is 0.240. The summed E-state index contributed by atoms with van der Waals surface area (Å²) in [6.45, 7) is 0. The van der Waals surface area contributed by atoms with Gasteiger partial charge in [0.2, 0.25) is 0 Å². The van der Waals surface area contributed by atoms with Gasteiger partial charge in [-0.15, -0.1) is 21.8 Å². The van der Waals surface area contributed by atoms with Crippen molar-refractivity contribution in [1.29, 1.82) is 0 Å². The molecule has 0 spiro atoms. The summed E-state index contributed by atoms with van der Waals surface area (Å²) in [7, 11) is 0. The number of nitrogens with zero attached hydrogens (tertiary/aromatic N) is 3. The molecule has 3 aromatic rings. The summed E-state index contributed by atoms with van der Waals surface area (Å²) in [6, 6.07) is 14.4. The summed E-state index contributed by atoms with van der Waals surface area (Å²) in [5, 5.41) is 8.30. The fourth-order valence-corrected chi connectivity index (χ4v) is 2.63. The lowest BCUT2D eigenvalue weighted by Gasteiger charge is -2.09. The number of hydrogen-bond acceptors (Lipinski definition) is 2. The van der Waals surface area contributed by atoms with E-state index in [0.717, 1.165) is 11.3 Å². The molecule has 0 unspecified atom stereocenters. The van der Waals surface area contributed by atoms with Crippen LogP contribution in [0.15, 0.2) is 53.0 Å². The number of hydrogen-bond donors (Lipinski definition) is 0. The molecule has 1 aromatic heterocycles. The molecule has 0 aliphatic carbocycles. The Morgan fingerprint density at radius 3 is 2.52 bits per heavy atom. The highest BCUT2D eigenvalue weighted by Crippen LogP contribution is 2.27. The van der Waals surface area contributed by atoms with Gasteiger partial charge >= 0.3 is 0 Å². The van der Waals surface area contributed by atoms with E-state index < -0.39 is 0 Å². The number of alkyl halides is 1. The van der Waals surface area contributed by atoms with Crippen LogP contribution in [-0.2, 0) is 5.88 Å². The Bertz CT molecular complexity index is 774. The summed E-state index contributed by atoms with van der Waals surface area (Å²) in [4.78, 5) is 0. The zero-order chi connectivity index (χ0) is 14.8. The van der Waals surface area contributed by atoms with Crippen LogP contribution in [0.25, 0.3) is 17.1 Å². The Hall–Kier alpha value is -1.72. The van der Waals surface area contributed by atoms with Crippen molar-refractivity contribution in [3.05, 3.63) is 64.6 Å². The van der Waals surface area contributed by atoms with Crippen LogP contribution in [0.2, 0.25) is 0 Å². The van der Waals surface area contributed by atoms with Crippen molar-refractivity contribution in [2.75, 3.05) is 0 Å². The maximum absolute atomic E-state index is 13.4. The molecule has 0 aliphatic rings. The standard InChI is InChI=1S/C15H10BrClFN3/c16-12-8-10(6-7-13(12)18)15-20-19-14(9-17)21(15)11-4-2-1-3-5-11/h1-8H,9H2. The van der Waals surface area contributed by atoms with Crippen LogP contribution in [0.1, 0.15) is 5.82 Å². The Morgan fingerprint density at radius 2 is 1.86 bits per heavy atom. The molecule has 0 aliphatic heterocycles. The van der Waals surface area contributed by atoms with Gasteiger partial charge in [0.15, 0.2) is 11.6 Å². The highest BCUT2D eigenvalue weighted by Gasteiger charge is 2.15. The molecule has 3 rings (SSSR count). The minimum atomic E-state index is -0.318. The van der Waals surface area contributed by atoms with E-state index in [-0.39, 0.29) is 11.7 Å². The minimum Gasteiger partial charge on any atom is -0.278 e. The number of aromatic nitrogens is 3. The third-order valence-electron chi connectivity index (χ3n) is 3.04. The van der Waals surface area contributed by atoms with E-state index in [1.54, 1.807) is 12.1 Å². The molecule has 0 saturated carbocycles. The first-order chi connectivity index (χ1) is 10.2. The molecule has 0 amide bonds. The third-order valence-corrected chi connectivity index (χ3v) is 3.89. The molecule has 3 nitrogen and oxygen atoms in total. The molecule has 2 aromatic carbocycles. The first kappa shape index (κ1) is 14.2. The summed E-state index contributed by atoms with van der Waals surface area (Å²) in [6.07, 6.45) is 0. The van der Waals surface area contributed by atoms with Crippen molar-refractivity contribution in [3.8, 4) is 17.1 Å². The molecule has 0 N–H and O–H groups in total. The van der Waals surface area contributed by atoms with Gasteiger partial charge in [0, 0.05) is 11.3 Å². The second-order valence-electron chi connectivity index (χ2n) is 4.37. The molecular weight excluding hydrogens is 357 g/mol. The predicted octanol–water partition coefficient (Wildman–Crippen LogP) is 4.57. The average Bonchev–Trinajstić information content (AvgIpc) is 2.95. The van der Waals surface area contributed by atoms with Gasteiger partial charge in [-0.1, -0.05) is 18.2 Å². The number of rotatable bonds is 3. The van der Waals surface area contributed by atoms with Crippen molar-refractivity contribution in [1.82, 2.24) is 14.8 Å². The van der Waals surface area contributed by atoms with Crippen LogP contribution >= 0.6 is 27.5 Å². The van der Waals surface area contributed by atoms with Crippen LogP contribution in [0.5, 0.6) is 0 Å². The van der Waals surface area contributed by atoms with E-state index in [1.807, 2.05) is 34.9 Å². The average molecular weight is 367 g/mol. The third kappa shape index (κ3) is 2.71. The van der Waals surface area contributed by atoms with Crippen LogP contribution < -0.4 is 0 Å². The van der Waals surface area contributed by atoms with Gasteiger partial charge in [-0.3, -0.25) is 4.57 Å². The fraction of sp³-hybridized carbons (Fsp3) is 0.0667. The lowest BCUT2D eigenvalue weighted by Crippen LogP contribution is -2.01. The quantitative estimate of drug-likeness (QED) is 0.636. The lowest BCUT2D eigenvalue weighted by atomic mass is 10.2.